The number of fused-ring (bicyclic) bond motifs is 4. The van der Waals surface area contributed by atoms with Crippen LogP contribution in [0.4, 0.5) is 34.1 Å². The van der Waals surface area contributed by atoms with E-state index in [1.54, 1.807) is 0 Å². The first-order valence-electron chi connectivity index (χ1n) is 20.6. The molecule has 0 amide bonds. The molecule has 0 aliphatic carbocycles. The summed E-state index contributed by atoms with van der Waals surface area (Å²) in [5.41, 5.74) is 17.2. The summed E-state index contributed by atoms with van der Waals surface area (Å²) < 4.78 is 13.8. The van der Waals surface area contributed by atoms with Crippen molar-refractivity contribution in [3.63, 3.8) is 0 Å². The monoisotopic (exact) mass is 772 g/mol. The third-order valence-corrected chi connectivity index (χ3v) is 12.4. The summed E-state index contributed by atoms with van der Waals surface area (Å²) in [5.74, 6) is 0. The van der Waals surface area contributed by atoms with Crippen LogP contribution in [0.25, 0.3) is 76.5 Å². The van der Waals surface area contributed by atoms with Crippen LogP contribution in [0.5, 0.6) is 0 Å². The number of hydrogen-bond acceptors (Lipinski definition) is 4. The van der Waals surface area contributed by atoms with E-state index in [0.29, 0.717) is 0 Å². The molecule has 10 aromatic rings. The van der Waals surface area contributed by atoms with Crippen LogP contribution in [0.2, 0.25) is 0 Å². The predicted molar refractivity (Wildman–Crippen MR) is 252 cm³/mol. The standard InChI is InChI=1S/C56H40N2O2/c1-33-5-15-39(16-6-33)57(40-17-7-34(2)8-18-40)43-23-13-37-29-51-53-45(47(37)31-43)25-27-49-55(53)56-50(59-51)28-26-46-48-32-44(24-14-38(48)30-52(60-49)54(46)56)58(41-19-9-35(3)10-20-41)42-21-11-36(4)12-22-42/h5-32H,1-4H3. The van der Waals surface area contributed by atoms with Gasteiger partial charge in [0, 0.05) is 56.0 Å². The molecule has 2 aliphatic heterocycles. The van der Waals surface area contributed by atoms with Crippen LogP contribution in [0.1, 0.15) is 22.3 Å². The Morgan fingerprint density at radius 3 is 0.933 bits per heavy atom. The van der Waals surface area contributed by atoms with Crippen molar-refractivity contribution in [1.29, 1.82) is 0 Å². The van der Waals surface area contributed by atoms with Gasteiger partial charge in [-0.1, -0.05) is 82.9 Å². The molecule has 0 bridgehead atoms. The Balaban J connectivity index is 1.07. The van der Waals surface area contributed by atoms with Crippen molar-refractivity contribution < 1.29 is 8.83 Å². The zero-order valence-electron chi connectivity index (χ0n) is 33.9. The van der Waals surface area contributed by atoms with E-state index in [-0.39, 0.29) is 0 Å². The van der Waals surface area contributed by atoms with Gasteiger partial charge in [-0.25, -0.2) is 0 Å². The fraction of sp³-hybridized carbons (Fsp3) is 0.0714. The Morgan fingerprint density at radius 2 is 0.600 bits per heavy atom. The molecule has 60 heavy (non-hydrogen) atoms. The molecule has 0 fully saturated rings. The maximum atomic E-state index is 6.92. The number of rotatable bonds is 6. The summed E-state index contributed by atoms with van der Waals surface area (Å²) in [4.78, 5) is 4.68. The van der Waals surface area contributed by atoms with Gasteiger partial charge in [0.25, 0.3) is 0 Å². The lowest BCUT2D eigenvalue weighted by Crippen LogP contribution is -2.10. The molecule has 0 saturated carbocycles. The Bertz CT molecular complexity index is 3230. The fourth-order valence-electron chi connectivity index (χ4n) is 9.37. The first-order chi connectivity index (χ1) is 29.3. The molecule has 2 aliphatic rings. The molecule has 4 nitrogen and oxygen atoms in total. The van der Waals surface area contributed by atoms with E-state index >= 15 is 0 Å². The molecule has 0 aromatic heterocycles. The van der Waals surface area contributed by atoms with Crippen LogP contribution in [0, 0.1) is 27.7 Å². The van der Waals surface area contributed by atoms with Crippen molar-refractivity contribution in [3.05, 3.63) is 192 Å². The van der Waals surface area contributed by atoms with E-state index in [2.05, 4.69) is 207 Å². The summed E-state index contributed by atoms with van der Waals surface area (Å²) in [6.07, 6.45) is 0. The van der Waals surface area contributed by atoms with E-state index in [1.807, 2.05) is 0 Å². The maximum absolute atomic E-state index is 6.92. The van der Waals surface area contributed by atoms with Gasteiger partial charge in [-0.05, 0) is 169 Å². The molecule has 286 valence electrons. The molecule has 0 saturated heterocycles. The molecular formula is C56H40N2O2. The van der Waals surface area contributed by atoms with Crippen LogP contribution in [-0.4, -0.2) is 0 Å². The largest absolute Gasteiger partial charge is 0.456 e. The van der Waals surface area contributed by atoms with Crippen molar-refractivity contribution in [2.24, 2.45) is 0 Å². The molecule has 12 rings (SSSR count). The zero-order chi connectivity index (χ0) is 40.2. The highest BCUT2D eigenvalue weighted by molar-refractivity contribution is 6.30. The van der Waals surface area contributed by atoms with Crippen molar-refractivity contribution >= 4 is 99.5 Å². The Kier molecular flexibility index (Phi) is 7.45. The SMILES string of the molecule is Cc1ccc(N(c2ccc(C)cc2)c2ccc3cc4oc5ccc6c7cc(N(c8ccc(C)cc8)c8ccc(C)cc8)ccc7cc7oc8ccc(c3c2)c4c8-c5c76)cc1. The summed E-state index contributed by atoms with van der Waals surface area (Å²) in [7, 11) is 0. The number of nitrogens with zero attached hydrogens (tertiary/aromatic N) is 2. The average molecular weight is 773 g/mol. The highest BCUT2D eigenvalue weighted by Crippen LogP contribution is 2.51. The number of hydrogen-bond donors (Lipinski definition) is 0. The van der Waals surface area contributed by atoms with Gasteiger partial charge in [0.15, 0.2) is 0 Å². The second-order valence-electron chi connectivity index (χ2n) is 16.5. The second-order valence-corrected chi connectivity index (χ2v) is 16.5. The van der Waals surface area contributed by atoms with Gasteiger partial charge in [-0.15, -0.1) is 0 Å². The fourth-order valence-corrected chi connectivity index (χ4v) is 9.37. The van der Waals surface area contributed by atoms with Crippen molar-refractivity contribution in [1.82, 2.24) is 0 Å². The van der Waals surface area contributed by atoms with Crippen LogP contribution < -0.4 is 9.80 Å². The molecule has 0 radical (unpaired) electrons. The third kappa shape index (κ3) is 5.31. The minimum Gasteiger partial charge on any atom is -0.456 e. The van der Waals surface area contributed by atoms with Gasteiger partial charge in [0.05, 0.1) is 0 Å². The zero-order valence-corrected chi connectivity index (χ0v) is 33.9. The summed E-state index contributed by atoms with van der Waals surface area (Å²) >= 11 is 0. The highest BCUT2D eigenvalue weighted by Gasteiger charge is 2.27. The minimum absolute atomic E-state index is 0.852. The van der Waals surface area contributed by atoms with Gasteiger partial charge in [0.2, 0.25) is 0 Å². The van der Waals surface area contributed by atoms with Gasteiger partial charge in [0.1, 0.15) is 22.3 Å². The Hall–Kier alpha value is -7.56. The summed E-state index contributed by atoms with van der Waals surface area (Å²) in [6.45, 7) is 8.53. The smallest absolute Gasteiger partial charge is 0.136 e. The first kappa shape index (κ1) is 34.5. The molecule has 4 heteroatoms. The van der Waals surface area contributed by atoms with Gasteiger partial charge in [-0.2, -0.15) is 0 Å². The third-order valence-electron chi connectivity index (χ3n) is 12.4. The lowest BCUT2D eigenvalue weighted by molar-refractivity contribution is 0.647. The topological polar surface area (TPSA) is 32.8 Å². The quantitative estimate of drug-likeness (QED) is 0.124. The van der Waals surface area contributed by atoms with Gasteiger partial charge >= 0.3 is 0 Å². The average Bonchev–Trinajstić information content (AvgIpc) is 3.27. The van der Waals surface area contributed by atoms with E-state index in [9.17, 15) is 0 Å². The van der Waals surface area contributed by atoms with Crippen molar-refractivity contribution in [2.45, 2.75) is 27.7 Å². The van der Waals surface area contributed by atoms with E-state index in [0.717, 1.165) is 99.9 Å². The second kappa shape index (κ2) is 13.0. The Morgan fingerprint density at radius 1 is 0.283 bits per heavy atom. The summed E-state index contributed by atoms with van der Waals surface area (Å²) in [5, 5.41) is 9.03. The Labute approximate surface area is 347 Å². The maximum Gasteiger partial charge on any atom is 0.136 e. The molecule has 2 heterocycles. The normalized spacial score (nSPS) is 12.0. The van der Waals surface area contributed by atoms with Crippen LogP contribution in [0.15, 0.2) is 179 Å². The van der Waals surface area contributed by atoms with Crippen molar-refractivity contribution in [3.8, 4) is 11.1 Å². The number of aryl methyl sites for hydroxylation is 4. The number of benzene rings is 10. The minimum atomic E-state index is 0.852. The van der Waals surface area contributed by atoms with Gasteiger partial charge < -0.3 is 18.6 Å². The molecule has 0 N–H and O–H groups in total. The van der Waals surface area contributed by atoms with E-state index < -0.39 is 0 Å². The van der Waals surface area contributed by atoms with Gasteiger partial charge in [-0.3, -0.25) is 0 Å². The highest BCUT2D eigenvalue weighted by atomic mass is 16.3. The van der Waals surface area contributed by atoms with Crippen molar-refractivity contribution in [2.75, 3.05) is 9.80 Å². The van der Waals surface area contributed by atoms with Crippen LogP contribution in [-0.2, 0) is 0 Å². The first-order valence-corrected chi connectivity index (χ1v) is 20.6. The lowest BCUT2D eigenvalue weighted by atomic mass is 9.87. The lowest BCUT2D eigenvalue weighted by Gasteiger charge is -2.27. The van der Waals surface area contributed by atoms with E-state index in [1.165, 1.54) is 33.0 Å². The molecule has 0 atom stereocenters. The number of anilines is 6. The van der Waals surface area contributed by atoms with Crippen LogP contribution in [0.3, 0.4) is 0 Å². The molecule has 0 unspecified atom stereocenters. The van der Waals surface area contributed by atoms with Crippen LogP contribution >= 0.6 is 0 Å². The summed E-state index contributed by atoms with van der Waals surface area (Å²) in [6, 6.07) is 61.7. The molecular weight excluding hydrogens is 733 g/mol. The molecule has 10 aromatic carbocycles. The predicted octanol–water partition coefficient (Wildman–Crippen LogP) is 16.5. The molecule has 0 spiro atoms. The van der Waals surface area contributed by atoms with E-state index in [4.69, 9.17) is 8.83 Å².